The highest BCUT2D eigenvalue weighted by Gasteiger charge is 2.13. The van der Waals surface area contributed by atoms with Gasteiger partial charge in [0.25, 0.3) is 0 Å². The normalized spacial score (nSPS) is 12.7. The Kier molecular flexibility index (Phi) is 8.54. The minimum absolute atomic E-state index is 0.126. The first-order chi connectivity index (χ1) is 9.07. The molecule has 0 saturated carbocycles. The number of hydrogen-bond donors (Lipinski definition) is 2. The fourth-order valence-corrected chi connectivity index (χ4v) is 3.11. The van der Waals surface area contributed by atoms with Gasteiger partial charge in [-0.15, -0.1) is 0 Å². The summed E-state index contributed by atoms with van der Waals surface area (Å²) in [5, 5.41) is 13.5. The van der Waals surface area contributed by atoms with Crippen molar-refractivity contribution in [3.05, 3.63) is 32.8 Å². The number of rotatable bonds is 8. The smallest absolute Gasteiger partial charge is 0.0781 e. The first-order valence-electron chi connectivity index (χ1n) is 6.13. The quantitative estimate of drug-likeness (QED) is 0.542. The fraction of sp³-hybridized carbons (Fsp3) is 0.538. The first-order valence-corrected chi connectivity index (χ1v) is 8.42. The van der Waals surface area contributed by atoms with Crippen LogP contribution in [-0.2, 0) is 0 Å². The van der Waals surface area contributed by atoms with Crippen molar-refractivity contribution in [3.63, 3.8) is 0 Å². The Morgan fingerprint density at radius 3 is 2.63 bits per heavy atom. The Labute approximate surface area is 133 Å². The molecule has 0 aliphatic carbocycles. The lowest BCUT2D eigenvalue weighted by Gasteiger charge is -2.16. The summed E-state index contributed by atoms with van der Waals surface area (Å²) in [6.45, 7) is 3.19. The minimum Gasteiger partial charge on any atom is -0.396 e. The Balaban J connectivity index is 2.41. The third-order valence-corrected chi connectivity index (χ3v) is 5.05. The number of thioether (sulfide) groups is 1. The number of aliphatic hydroxyl groups excluding tert-OH is 1. The van der Waals surface area contributed by atoms with Crippen LogP contribution in [0, 0.1) is 0 Å². The number of nitrogens with one attached hydrogen (secondary N) is 1. The minimum atomic E-state index is 0.126. The van der Waals surface area contributed by atoms with Crippen LogP contribution in [0.15, 0.2) is 12.1 Å². The van der Waals surface area contributed by atoms with Gasteiger partial charge in [-0.3, -0.25) is 0 Å². The van der Waals surface area contributed by atoms with E-state index < -0.39 is 0 Å². The van der Waals surface area contributed by atoms with Gasteiger partial charge in [-0.25, -0.2) is 0 Å². The molecule has 0 aliphatic heterocycles. The second-order valence-corrected chi connectivity index (χ2v) is 6.52. The van der Waals surface area contributed by atoms with Crippen LogP contribution < -0.4 is 5.32 Å². The van der Waals surface area contributed by atoms with E-state index in [1.54, 1.807) is 6.07 Å². The van der Waals surface area contributed by atoms with Gasteiger partial charge in [-0.2, -0.15) is 11.8 Å². The first kappa shape index (κ1) is 17.4. The van der Waals surface area contributed by atoms with Crippen LogP contribution in [0.4, 0.5) is 0 Å². The van der Waals surface area contributed by atoms with Crippen molar-refractivity contribution in [2.24, 2.45) is 0 Å². The molecule has 2 nitrogen and oxygen atoms in total. The summed E-state index contributed by atoms with van der Waals surface area (Å²) in [5.41, 5.74) is 0.955. The summed E-state index contributed by atoms with van der Waals surface area (Å²) in [7, 11) is 0. The molecule has 1 atom stereocenters. The van der Waals surface area contributed by atoms with Crippen LogP contribution in [0.3, 0.4) is 0 Å². The van der Waals surface area contributed by atoms with Crippen molar-refractivity contribution < 1.29 is 5.11 Å². The third-order valence-electron chi connectivity index (χ3n) is 2.68. The molecule has 0 aliphatic rings. The largest absolute Gasteiger partial charge is 0.396 e. The molecule has 0 saturated heterocycles. The number of benzene rings is 1. The van der Waals surface area contributed by atoms with E-state index in [0.717, 1.165) is 30.0 Å². The van der Waals surface area contributed by atoms with Crippen molar-refractivity contribution in [2.75, 3.05) is 24.7 Å². The molecule has 108 valence electrons. The van der Waals surface area contributed by atoms with Crippen molar-refractivity contribution in [3.8, 4) is 0 Å². The molecule has 0 amide bonds. The third kappa shape index (κ3) is 5.70. The molecule has 0 aromatic heterocycles. The Bertz CT molecular complexity index is 404. The lowest BCUT2D eigenvalue weighted by atomic mass is 10.1. The summed E-state index contributed by atoms with van der Waals surface area (Å²) in [6.07, 6.45) is 0.846. The van der Waals surface area contributed by atoms with Gasteiger partial charge < -0.3 is 10.4 Å². The summed E-state index contributed by atoms with van der Waals surface area (Å²) in [5.74, 6) is 1.99. The zero-order chi connectivity index (χ0) is 14.3. The molecule has 19 heavy (non-hydrogen) atoms. The Morgan fingerprint density at radius 1 is 1.21 bits per heavy atom. The molecule has 0 heterocycles. The summed E-state index contributed by atoms with van der Waals surface area (Å²) in [6, 6.07) is 3.78. The zero-order valence-electron chi connectivity index (χ0n) is 10.8. The van der Waals surface area contributed by atoms with E-state index in [1.807, 2.05) is 24.8 Å². The maximum Gasteiger partial charge on any atom is 0.0781 e. The predicted octanol–water partition coefficient (Wildman–Crippen LogP) is 4.41. The lowest BCUT2D eigenvalue weighted by molar-refractivity contribution is 0.296. The van der Waals surface area contributed by atoms with E-state index in [2.05, 4.69) is 5.32 Å². The van der Waals surface area contributed by atoms with Gasteiger partial charge in [-0.05, 0) is 30.7 Å². The van der Waals surface area contributed by atoms with E-state index in [1.165, 1.54) is 0 Å². The van der Waals surface area contributed by atoms with Crippen LogP contribution in [-0.4, -0.2) is 29.8 Å². The van der Waals surface area contributed by atoms with Crippen LogP contribution in [0.1, 0.15) is 24.9 Å². The van der Waals surface area contributed by atoms with Crippen LogP contribution in [0.2, 0.25) is 15.1 Å². The van der Waals surface area contributed by atoms with Gasteiger partial charge in [-0.1, -0.05) is 40.9 Å². The van der Waals surface area contributed by atoms with E-state index in [0.29, 0.717) is 15.1 Å². The topological polar surface area (TPSA) is 32.3 Å². The number of halogens is 3. The SMILES string of the molecule is CC(NCCSCCCO)c1ccc(Cl)c(Cl)c1Cl. The molecule has 6 heteroatoms. The molecule has 0 radical (unpaired) electrons. The van der Waals surface area contributed by atoms with Crippen LogP contribution in [0.25, 0.3) is 0 Å². The average molecular weight is 343 g/mol. The van der Waals surface area contributed by atoms with Crippen molar-refractivity contribution >= 4 is 46.6 Å². The molecule has 1 aromatic carbocycles. The molecule has 1 aromatic rings. The van der Waals surface area contributed by atoms with E-state index in [9.17, 15) is 0 Å². The monoisotopic (exact) mass is 341 g/mol. The molecule has 2 N–H and O–H groups in total. The summed E-state index contributed by atoms with van der Waals surface area (Å²) >= 11 is 19.9. The predicted molar refractivity (Wildman–Crippen MR) is 86.9 cm³/mol. The molecular formula is C13H18Cl3NOS. The second-order valence-electron chi connectivity index (χ2n) is 4.13. The van der Waals surface area contributed by atoms with E-state index in [4.69, 9.17) is 39.9 Å². The molecule has 0 spiro atoms. The number of hydrogen-bond acceptors (Lipinski definition) is 3. The fourth-order valence-electron chi connectivity index (χ4n) is 1.60. The standard InChI is InChI=1S/C13H18Cl3NOS/c1-9(17-5-8-19-7-2-6-18)10-3-4-11(14)13(16)12(10)15/h3-4,9,17-18H,2,5-8H2,1H3. The molecule has 1 unspecified atom stereocenters. The molecular weight excluding hydrogens is 325 g/mol. The summed E-state index contributed by atoms with van der Waals surface area (Å²) < 4.78 is 0. The second kappa shape index (κ2) is 9.32. The van der Waals surface area contributed by atoms with E-state index >= 15 is 0 Å². The van der Waals surface area contributed by atoms with Crippen LogP contribution >= 0.6 is 46.6 Å². The van der Waals surface area contributed by atoms with Crippen LogP contribution in [0.5, 0.6) is 0 Å². The highest BCUT2D eigenvalue weighted by molar-refractivity contribution is 7.99. The Morgan fingerprint density at radius 2 is 1.95 bits per heavy atom. The van der Waals surface area contributed by atoms with Crippen molar-refractivity contribution in [2.45, 2.75) is 19.4 Å². The van der Waals surface area contributed by atoms with Gasteiger partial charge >= 0.3 is 0 Å². The number of aliphatic hydroxyl groups is 1. The van der Waals surface area contributed by atoms with E-state index in [-0.39, 0.29) is 12.6 Å². The summed E-state index contributed by atoms with van der Waals surface area (Å²) in [4.78, 5) is 0. The Hall–Kier alpha value is 0.360. The maximum atomic E-state index is 8.67. The zero-order valence-corrected chi connectivity index (χ0v) is 13.8. The molecule has 1 rings (SSSR count). The maximum absolute atomic E-state index is 8.67. The van der Waals surface area contributed by atoms with Gasteiger partial charge in [0.2, 0.25) is 0 Å². The van der Waals surface area contributed by atoms with Gasteiger partial charge in [0, 0.05) is 24.9 Å². The highest BCUT2D eigenvalue weighted by atomic mass is 35.5. The highest BCUT2D eigenvalue weighted by Crippen LogP contribution is 2.35. The van der Waals surface area contributed by atoms with Crippen molar-refractivity contribution in [1.29, 1.82) is 0 Å². The molecule has 0 bridgehead atoms. The van der Waals surface area contributed by atoms with Gasteiger partial charge in [0.15, 0.2) is 0 Å². The van der Waals surface area contributed by atoms with Crippen molar-refractivity contribution in [1.82, 2.24) is 5.32 Å². The average Bonchev–Trinajstić information content (AvgIpc) is 2.40. The van der Waals surface area contributed by atoms with Gasteiger partial charge in [0.1, 0.15) is 0 Å². The molecule has 0 fully saturated rings. The lowest BCUT2D eigenvalue weighted by Crippen LogP contribution is -2.21. The van der Waals surface area contributed by atoms with Gasteiger partial charge in [0.05, 0.1) is 15.1 Å².